The molecule has 6 nitrogen and oxygen atoms in total. The highest BCUT2D eigenvalue weighted by atomic mass is 16.4. The van der Waals surface area contributed by atoms with Crippen LogP contribution in [0.3, 0.4) is 0 Å². The molecule has 0 saturated heterocycles. The molecule has 2 heterocycles. The van der Waals surface area contributed by atoms with Crippen LogP contribution in [0.25, 0.3) is 11.0 Å². The van der Waals surface area contributed by atoms with Crippen LogP contribution in [0.2, 0.25) is 0 Å². The van der Waals surface area contributed by atoms with Crippen molar-refractivity contribution >= 4 is 17.0 Å². The number of hydrogen-bond donors (Lipinski definition) is 1. The second kappa shape index (κ2) is 4.97. The molecule has 3 aromatic rings. The number of nitrogens with zero attached hydrogens (tertiary/aromatic N) is 4. The quantitative estimate of drug-likeness (QED) is 0.796. The lowest BCUT2D eigenvalue weighted by Crippen LogP contribution is -2.05. The van der Waals surface area contributed by atoms with Gasteiger partial charge >= 0.3 is 5.97 Å². The number of aryl methyl sites for hydroxylation is 2. The number of carboxylic acid groups (broad SMARTS) is 1. The average molecular weight is 282 g/mol. The van der Waals surface area contributed by atoms with E-state index in [4.69, 9.17) is 5.11 Å². The standard InChI is InChI=1S/C15H14N4O2/c1-9-16-6-5-12(17-9)8-19-10(2)18-13-7-11(15(20)21)3-4-14(13)19/h3-7H,8H2,1-2H3,(H,20,21). The lowest BCUT2D eigenvalue weighted by molar-refractivity contribution is 0.0697. The van der Waals surface area contributed by atoms with Gasteiger partial charge in [-0.15, -0.1) is 0 Å². The highest BCUT2D eigenvalue weighted by Crippen LogP contribution is 2.19. The predicted octanol–water partition coefficient (Wildman–Crippen LogP) is 2.19. The number of aromatic carboxylic acids is 1. The zero-order valence-electron chi connectivity index (χ0n) is 11.7. The first kappa shape index (κ1) is 13.2. The molecular formula is C15H14N4O2. The van der Waals surface area contributed by atoms with E-state index >= 15 is 0 Å². The molecule has 0 radical (unpaired) electrons. The second-order valence-corrected chi connectivity index (χ2v) is 4.85. The molecule has 0 spiro atoms. The summed E-state index contributed by atoms with van der Waals surface area (Å²) in [6.45, 7) is 4.33. The summed E-state index contributed by atoms with van der Waals surface area (Å²) in [4.78, 5) is 23.9. The SMILES string of the molecule is Cc1nccc(Cn2c(C)nc3cc(C(=O)O)ccc32)n1. The van der Waals surface area contributed by atoms with Gasteiger partial charge in [0.15, 0.2) is 0 Å². The second-order valence-electron chi connectivity index (χ2n) is 4.85. The first-order valence-corrected chi connectivity index (χ1v) is 6.53. The molecule has 0 atom stereocenters. The van der Waals surface area contributed by atoms with E-state index in [2.05, 4.69) is 15.0 Å². The van der Waals surface area contributed by atoms with Crippen LogP contribution in [-0.4, -0.2) is 30.6 Å². The summed E-state index contributed by atoms with van der Waals surface area (Å²) < 4.78 is 2.02. The fourth-order valence-electron chi connectivity index (χ4n) is 2.34. The van der Waals surface area contributed by atoms with Crippen LogP contribution in [-0.2, 0) is 6.54 Å². The van der Waals surface area contributed by atoms with E-state index in [1.54, 1.807) is 24.4 Å². The molecule has 21 heavy (non-hydrogen) atoms. The lowest BCUT2D eigenvalue weighted by Gasteiger charge is -2.06. The number of hydrogen-bond acceptors (Lipinski definition) is 4. The zero-order valence-corrected chi connectivity index (χ0v) is 11.7. The van der Waals surface area contributed by atoms with Crippen molar-refractivity contribution in [2.45, 2.75) is 20.4 Å². The first-order chi connectivity index (χ1) is 10.0. The largest absolute Gasteiger partial charge is 0.478 e. The molecule has 0 saturated carbocycles. The topological polar surface area (TPSA) is 80.9 Å². The van der Waals surface area contributed by atoms with Crippen molar-refractivity contribution < 1.29 is 9.90 Å². The Balaban J connectivity index is 2.06. The Hall–Kier alpha value is -2.76. The van der Waals surface area contributed by atoms with Gasteiger partial charge in [0.25, 0.3) is 0 Å². The van der Waals surface area contributed by atoms with Crippen LogP contribution in [0.1, 0.15) is 27.7 Å². The molecule has 0 bridgehead atoms. The van der Waals surface area contributed by atoms with Crippen molar-refractivity contribution in [1.29, 1.82) is 0 Å². The summed E-state index contributed by atoms with van der Waals surface area (Å²) in [5, 5.41) is 9.03. The summed E-state index contributed by atoms with van der Waals surface area (Å²) in [5.74, 6) is 0.599. The van der Waals surface area contributed by atoms with Gasteiger partial charge in [-0.25, -0.2) is 19.7 Å². The van der Waals surface area contributed by atoms with Gasteiger partial charge in [-0.3, -0.25) is 0 Å². The molecule has 0 aliphatic carbocycles. The predicted molar refractivity (Wildman–Crippen MR) is 77.3 cm³/mol. The van der Waals surface area contributed by atoms with E-state index in [1.165, 1.54) is 0 Å². The third-order valence-corrected chi connectivity index (χ3v) is 3.34. The van der Waals surface area contributed by atoms with E-state index in [-0.39, 0.29) is 5.56 Å². The number of imidazole rings is 1. The number of rotatable bonds is 3. The lowest BCUT2D eigenvalue weighted by atomic mass is 10.2. The van der Waals surface area contributed by atoms with Crippen molar-refractivity contribution in [2.24, 2.45) is 0 Å². The van der Waals surface area contributed by atoms with E-state index in [1.807, 2.05) is 24.5 Å². The highest BCUT2D eigenvalue weighted by Gasteiger charge is 2.11. The minimum atomic E-state index is -0.949. The Bertz CT molecular complexity index is 839. The maximum absolute atomic E-state index is 11.0. The molecule has 0 unspecified atom stereocenters. The number of fused-ring (bicyclic) bond motifs is 1. The zero-order chi connectivity index (χ0) is 15.0. The fraction of sp³-hybridized carbons (Fsp3) is 0.200. The minimum Gasteiger partial charge on any atom is -0.478 e. The summed E-state index contributed by atoms with van der Waals surface area (Å²) in [5.41, 5.74) is 2.71. The maximum Gasteiger partial charge on any atom is 0.335 e. The highest BCUT2D eigenvalue weighted by molar-refractivity contribution is 5.92. The molecule has 0 amide bonds. The van der Waals surface area contributed by atoms with Gasteiger partial charge in [0.05, 0.1) is 28.8 Å². The molecule has 0 aliphatic heterocycles. The summed E-state index contributed by atoms with van der Waals surface area (Å²) in [7, 11) is 0. The van der Waals surface area contributed by atoms with Gasteiger partial charge in [-0.1, -0.05) is 0 Å². The Morgan fingerprint density at radius 3 is 2.76 bits per heavy atom. The van der Waals surface area contributed by atoms with Gasteiger partial charge in [-0.05, 0) is 38.1 Å². The molecule has 1 N–H and O–H groups in total. The Kier molecular flexibility index (Phi) is 3.13. The molecule has 3 rings (SSSR count). The van der Waals surface area contributed by atoms with E-state index in [0.717, 1.165) is 22.9 Å². The van der Waals surface area contributed by atoms with Crippen molar-refractivity contribution in [1.82, 2.24) is 19.5 Å². The van der Waals surface area contributed by atoms with Crippen LogP contribution >= 0.6 is 0 Å². The average Bonchev–Trinajstić information content (AvgIpc) is 2.74. The first-order valence-electron chi connectivity index (χ1n) is 6.53. The third kappa shape index (κ3) is 2.47. The molecule has 6 heteroatoms. The number of benzene rings is 1. The molecule has 2 aromatic heterocycles. The third-order valence-electron chi connectivity index (χ3n) is 3.34. The van der Waals surface area contributed by atoms with Gasteiger partial charge < -0.3 is 9.67 Å². The van der Waals surface area contributed by atoms with Gasteiger partial charge in [0, 0.05) is 6.20 Å². The van der Waals surface area contributed by atoms with Crippen molar-refractivity contribution in [2.75, 3.05) is 0 Å². The molecule has 0 aliphatic rings. The van der Waals surface area contributed by atoms with Crippen LogP contribution in [0.5, 0.6) is 0 Å². The number of carboxylic acids is 1. The smallest absolute Gasteiger partial charge is 0.335 e. The summed E-state index contributed by atoms with van der Waals surface area (Å²) >= 11 is 0. The van der Waals surface area contributed by atoms with Crippen molar-refractivity contribution in [3.05, 3.63) is 53.4 Å². The summed E-state index contributed by atoms with van der Waals surface area (Å²) in [6.07, 6.45) is 1.73. The molecule has 106 valence electrons. The number of aromatic nitrogens is 4. The fourth-order valence-corrected chi connectivity index (χ4v) is 2.34. The monoisotopic (exact) mass is 282 g/mol. The van der Waals surface area contributed by atoms with E-state index < -0.39 is 5.97 Å². The van der Waals surface area contributed by atoms with Crippen molar-refractivity contribution in [3.63, 3.8) is 0 Å². The summed E-state index contributed by atoms with van der Waals surface area (Å²) in [6, 6.07) is 6.83. The van der Waals surface area contributed by atoms with E-state index in [9.17, 15) is 4.79 Å². The number of carbonyl (C=O) groups is 1. The Morgan fingerprint density at radius 1 is 1.24 bits per heavy atom. The van der Waals surface area contributed by atoms with Crippen LogP contribution in [0.15, 0.2) is 30.5 Å². The van der Waals surface area contributed by atoms with Gasteiger partial charge in [0.1, 0.15) is 11.6 Å². The minimum absolute atomic E-state index is 0.241. The Morgan fingerprint density at radius 2 is 2.05 bits per heavy atom. The van der Waals surface area contributed by atoms with Crippen LogP contribution in [0, 0.1) is 13.8 Å². The molecular weight excluding hydrogens is 268 g/mol. The van der Waals surface area contributed by atoms with E-state index in [0.29, 0.717) is 12.1 Å². The van der Waals surface area contributed by atoms with Crippen LogP contribution < -0.4 is 0 Å². The Labute approximate surface area is 121 Å². The maximum atomic E-state index is 11.0. The van der Waals surface area contributed by atoms with Gasteiger partial charge in [-0.2, -0.15) is 0 Å². The van der Waals surface area contributed by atoms with Crippen LogP contribution in [0.4, 0.5) is 0 Å². The van der Waals surface area contributed by atoms with Gasteiger partial charge in [0.2, 0.25) is 0 Å². The molecule has 0 fully saturated rings. The normalized spacial score (nSPS) is 11.0. The molecule has 1 aromatic carbocycles. The van der Waals surface area contributed by atoms with Crippen molar-refractivity contribution in [3.8, 4) is 0 Å².